The Hall–Kier alpha value is -2.04. The molecule has 0 amide bonds. The molecule has 0 spiro atoms. The van der Waals surface area contributed by atoms with Gasteiger partial charge in [0.1, 0.15) is 11.5 Å². The molecular formula is C23H32N2O2. The molecule has 0 unspecified atom stereocenters. The average molecular weight is 369 g/mol. The molecule has 27 heavy (non-hydrogen) atoms. The number of ether oxygens (including phenoxy) is 2. The van der Waals surface area contributed by atoms with Gasteiger partial charge in [0.15, 0.2) is 0 Å². The third-order valence-electron chi connectivity index (χ3n) is 5.50. The number of rotatable bonds is 8. The quantitative estimate of drug-likeness (QED) is 0.726. The summed E-state index contributed by atoms with van der Waals surface area (Å²) in [5, 5.41) is 7.15. The van der Waals surface area contributed by atoms with E-state index in [4.69, 9.17) is 9.47 Å². The molecule has 1 saturated carbocycles. The van der Waals surface area contributed by atoms with E-state index in [9.17, 15) is 0 Å². The highest BCUT2D eigenvalue weighted by atomic mass is 16.5. The Bertz CT molecular complexity index is 707. The molecule has 0 aromatic heterocycles. The summed E-state index contributed by atoms with van der Waals surface area (Å²) in [6.45, 7) is 3.56. The van der Waals surface area contributed by atoms with E-state index >= 15 is 0 Å². The fourth-order valence-electron chi connectivity index (χ4n) is 3.82. The van der Waals surface area contributed by atoms with Crippen LogP contribution in [0.25, 0.3) is 11.1 Å². The third kappa shape index (κ3) is 5.24. The van der Waals surface area contributed by atoms with E-state index in [1.807, 2.05) is 19.1 Å². The Morgan fingerprint density at radius 3 is 2.22 bits per heavy atom. The highest BCUT2D eigenvalue weighted by molar-refractivity contribution is 5.66. The largest absolute Gasteiger partial charge is 0.497 e. The van der Waals surface area contributed by atoms with Crippen LogP contribution in [0.5, 0.6) is 11.5 Å². The molecule has 1 fully saturated rings. The van der Waals surface area contributed by atoms with Crippen LogP contribution in [0.15, 0.2) is 42.5 Å². The predicted molar refractivity (Wildman–Crippen MR) is 112 cm³/mol. The van der Waals surface area contributed by atoms with Crippen LogP contribution in [0.4, 0.5) is 0 Å². The van der Waals surface area contributed by atoms with Gasteiger partial charge in [-0.2, -0.15) is 0 Å². The molecular weight excluding hydrogens is 336 g/mol. The average Bonchev–Trinajstić information content (AvgIpc) is 2.73. The minimum atomic E-state index is 0.591. The number of nitrogens with one attached hydrogen (secondary N) is 2. The van der Waals surface area contributed by atoms with Crippen molar-refractivity contribution in [2.75, 3.05) is 20.8 Å². The highest BCUT2D eigenvalue weighted by Crippen LogP contribution is 2.29. The van der Waals surface area contributed by atoms with Gasteiger partial charge in [-0.3, -0.25) is 0 Å². The monoisotopic (exact) mass is 368 g/mol. The van der Waals surface area contributed by atoms with E-state index in [0.717, 1.165) is 18.0 Å². The van der Waals surface area contributed by atoms with Crippen molar-refractivity contribution in [2.24, 2.45) is 0 Å². The number of methoxy groups -OCH3 is 1. The molecule has 4 heteroatoms. The van der Waals surface area contributed by atoms with Gasteiger partial charge >= 0.3 is 0 Å². The van der Waals surface area contributed by atoms with Crippen LogP contribution < -0.4 is 20.1 Å². The van der Waals surface area contributed by atoms with E-state index < -0.39 is 0 Å². The molecule has 3 rings (SSSR count). The number of hydrogen-bond acceptors (Lipinski definition) is 4. The van der Waals surface area contributed by atoms with Crippen LogP contribution in [-0.2, 0) is 6.54 Å². The van der Waals surface area contributed by atoms with Gasteiger partial charge in [-0.15, -0.1) is 0 Å². The van der Waals surface area contributed by atoms with Crippen molar-refractivity contribution in [3.8, 4) is 22.6 Å². The van der Waals surface area contributed by atoms with E-state index in [-0.39, 0.29) is 0 Å². The van der Waals surface area contributed by atoms with Crippen molar-refractivity contribution in [1.82, 2.24) is 10.6 Å². The zero-order valence-electron chi connectivity index (χ0n) is 16.8. The second-order valence-corrected chi connectivity index (χ2v) is 7.20. The summed E-state index contributed by atoms with van der Waals surface area (Å²) in [4.78, 5) is 0. The highest BCUT2D eigenvalue weighted by Gasteiger charge is 2.19. The minimum Gasteiger partial charge on any atom is -0.497 e. The molecule has 2 aromatic rings. The molecule has 2 N–H and O–H groups in total. The fourth-order valence-corrected chi connectivity index (χ4v) is 3.82. The van der Waals surface area contributed by atoms with Gasteiger partial charge in [0.2, 0.25) is 0 Å². The maximum atomic E-state index is 5.87. The van der Waals surface area contributed by atoms with Crippen molar-refractivity contribution < 1.29 is 9.47 Å². The first-order chi connectivity index (χ1) is 13.2. The first-order valence-electron chi connectivity index (χ1n) is 10.0. The lowest BCUT2D eigenvalue weighted by atomic mass is 9.91. The normalized spacial score (nSPS) is 19.7. The van der Waals surface area contributed by atoms with E-state index in [1.165, 1.54) is 42.4 Å². The summed E-state index contributed by atoms with van der Waals surface area (Å²) in [5.74, 6) is 1.86. The molecule has 0 atom stereocenters. The summed E-state index contributed by atoms with van der Waals surface area (Å²) in [7, 11) is 3.76. The molecule has 4 nitrogen and oxygen atoms in total. The third-order valence-corrected chi connectivity index (χ3v) is 5.50. The van der Waals surface area contributed by atoms with Gasteiger partial charge < -0.3 is 20.1 Å². The van der Waals surface area contributed by atoms with E-state index in [0.29, 0.717) is 18.7 Å². The van der Waals surface area contributed by atoms with Gasteiger partial charge in [0.25, 0.3) is 0 Å². The lowest BCUT2D eigenvalue weighted by Crippen LogP contribution is -2.38. The summed E-state index contributed by atoms with van der Waals surface area (Å²) in [6.07, 6.45) is 4.96. The maximum Gasteiger partial charge on any atom is 0.123 e. The van der Waals surface area contributed by atoms with Crippen molar-refractivity contribution in [1.29, 1.82) is 0 Å². The Kier molecular flexibility index (Phi) is 7.13. The van der Waals surface area contributed by atoms with E-state index in [1.54, 1.807) is 7.11 Å². The zero-order chi connectivity index (χ0) is 19.1. The Morgan fingerprint density at radius 2 is 1.59 bits per heavy atom. The zero-order valence-corrected chi connectivity index (χ0v) is 16.8. The van der Waals surface area contributed by atoms with Crippen LogP contribution in [0, 0.1) is 0 Å². The first-order valence-corrected chi connectivity index (χ1v) is 10.0. The maximum absolute atomic E-state index is 5.87. The van der Waals surface area contributed by atoms with Crippen LogP contribution in [-0.4, -0.2) is 32.8 Å². The minimum absolute atomic E-state index is 0.591. The topological polar surface area (TPSA) is 42.5 Å². The number of benzene rings is 2. The lowest BCUT2D eigenvalue weighted by Gasteiger charge is -2.29. The summed E-state index contributed by atoms with van der Waals surface area (Å²) in [6, 6.07) is 16.0. The second-order valence-electron chi connectivity index (χ2n) is 7.20. The van der Waals surface area contributed by atoms with Crippen LogP contribution in [0.3, 0.4) is 0 Å². The van der Waals surface area contributed by atoms with Crippen molar-refractivity contribution >= 4 is 0 Å². The van der Waals surface area contributed by atoms with Crippen molar-refractivity contribution in [3.63, 3.8) is 0 Å². The molecule has 0 heterocycles. The molecule has 0 radical (unpaired) electrons. The molecule has 0 bridgehead atoms. The fraction of sp³-hybridized carbons (Fsp3) is 0.478. The van der Waals surface area contributed by atoms with Crippen LogP contribution in [0.1, 0.15) is 38.2 Å². The molecule has 2 aromatic carbocycles. The standard InChI is InChI=1S/C23H32N2O2/c1-4-27-23-14-7-18(17-5-12-22(26-3)13-6-17)15-19(23)16-25-21-10-8-20(24-2)9-11-21/h5-7,12-15,20-21,24-25H,4,8-11,16H2,1-3H3. The van der Waals surface area contributed by atoms with Crippen molar-refractivity contribution in [3.05, 3.63) is 48.0 Å². The molecule has 0 saturated heterocycles. The van der Waals surface area contributed by atoms with Gasteiger partial charge in [-0.05, 0) is 75.0 Å². The van der Waals surface area contributed by atoms with Gasteiger partial charge in [-0.25, -0.2) is 0 Å². The van der Waals surface area contributed by atoms with E-state index in [2.05, 4.69) is 48.0 Å². The lowest BCUT2D eigenvalue weighted by molar-refractivity contribution is 0.310. The molecule has 1 aliphatic rings. The second kappa shape index (κ2) is 9.77. The van der Waals surface area contributed by atoms with Crippen LogP contribution in [0.2, 0.25) is 0 Å². The van der Waals surface area contributed by atoms with Crippen LogP contribution >= 0.6 is 0 Å². The smallest absolute Gasteiger partial charge is 0.123 e. The van der Waals surface area contributed by atoms with Crippen molar-refractivity contribution in [2.45, 2.75) is 51.2 Å². The number of hydrogen-bond donors (Lipinski definition) is 2. The molecule has 1 aliphatic carbocycles. The first kappa shape index (κ1) is 19.7. The summed E-state index contributed by atoms with van der Waals surface area (Å²) < 4.78 is 11.1. The molecule has 146 valence electrons. The SMILES string of the molecule is CCOc1ccc(-c2ccc(OC)cc2)cc1CNC1CCC(NC)CC1. The Balaban J connectivity index is 1.71. The Labute approximate surface area is 163 Å². The summed E-state index contributed by atoms with van der Waals surface area (Å²) in [5.41, 5.74) is 3.62. The van der Waals surface area contributed by atoms with Gasteiger partial charge in [0, 0.05) is 24.2 Å². The van der Waals surface area contributed by atoms with Gasteiger partial charge in [0.05, 0.1) is 13.7 Å². The molecule has 0 aliphatic heterocycles. The Morgan fingerprint density at radius 1 is 0.926 bits per heavy atom. The summed E-state index contributed by atoms with van der Waals surface area (Å²) >= 11 is 0. The predicted octanol–water partition coefficient (Wildman–Crippen LogP) is 4.38. The van der Waals surface area contributed by atoms with Gasteiger partial charge in [-0.1, -0.05) is 18.2 Å².